The summed E-state index contributed by atoms with van der Waals surface area (Å²) >= 11 is 0. The van der Waals surface area contributed by atoms with Crippen LogP contribution in [-0.2, 0) is 30.6 Å². The number of imidazole rings is 1. The van der Waals surface area contributed by atoms with Crippen molar-refractivity contribution in [2.24, 2.45) is 0 Å². The average molecular weight is 686 g/mol. The highest BCUT2D eigenvalue weighted by atomic mass is 19.4. The van der Waals surface area contributed by atoms with Crippen molar-refractivity contribution < 1.29 is 36.2 Å². The van der Waals surface area contributed by atoms with Crippen LogP contribution < -0.4 is 9.47 Å². The van der Waals surface area contributed by atoms with Gasteiger partial charge in [-0.25, -0.2) is 19.9 Å². The lowest BCUT2D eigenvalue weighted by molar-refractivity contribution is -0.144. The third kappa shape index (κ3) is 7.46. The standard InChI is InChI=1S/C32H32F5N9O3/c1-18-5-6-20(39-29(18)49-31(33)34)17-48-27-4-2-3-22(41-27)19-7-10-45(11-8-19)16-26-40-23-13-24(28-42-30(44-43-28)32(35,36)37)38-14-25(23)46(26)15-21-9-12-47-21/h2-6,13-14,19,21,31H,7-12,15-17H2,1H3,(H,42,43,44)/t21-/m0/s1. The van der Waals surface area contributed by atoms with Crippen molar-refractivity contribution in [2.45, 2.75) is 70.7 Å². The number of alkyl halides is 5. The van der Waals surface area contributed by atoms with E-state index < -0.39 is 18.6 Å². The van der Waals surface area contributed by atoms with Crippen molar-refractivity contribution in [3.05, 3.63) is 71.2 Å². The summed E-state index contributed by atoms with van der Waals surface area (Å²) in [5.41, 5.74) is 3.39. The number of halogens is 5. The van der Waals surface area contributed by atoms with Gasteiger partial charge in [-0.05, 0) is 57.5 Å². The van der Waals surface area contributed by atoms with Crippen LogP contribution in [-0.4, -0.2) is 77.0 Å². The predicted molar refractivity (Wildman–Crippen MR) is 164 cm³/mol. The average Bonchev–Trinajstić information content (AvgIpc) is 3.69. The molecule has 2 aliphatic heterocycles. The van der Waals surface area contributed by atoms with E-state index in [1.807, 2.05) is 17.2 Å². The zero-order chi connectivity index (χ0) is 34.1. The number of aryl methyl sites for hydroxylation is 1. The summed E-state index contributed by atoms with van der Waals surface area (Å²) in [6, 6.07) is 10.6. The van der Waals surface area contributed by atoms with Crippen molar-refractivity contribution in [3.63, 3.8) is 0 Å². The second-order valence-electron chi connectivity index (χ2n) is 12.0. The number of aromatic amines is 1. The summed E-state index contributed by atoms with van der Waals surface area (Å²) < 4.78 is 82.7. The van der Waals surface area contributed by atoms with Crippen LogP contribution in [0.2, 0.25) is 0 Å². The van der Waals surface area contributed by atoms with Crippen molar-refractivity contribution >= 4 is 11.0 Å². The lowest BCUT2D eigenvalue weighted by atomic mass is 9.93. The molecule has 5 aromatic rings. The van der Waals surface area contributed by atoms with Gasteiger partial charge in [-0.3, -0.25) is 15.0 Å². The van der Waals surface area contributed by atoms with E-state index in [9.17, 15) is 22.0 Å². The zero-order valence-corrected chi connectivity index (χ0v) is 26.3. The number of fused-ring (bicyclic) bond motifs is 1. The fourth-order valence-electron chi connectivity index (χ4n) is 5.96. The third-order valence-corrected chi connectivity index (χ3v) is 8.67. The fraction of sp³-hybridized carbons (Fsp3) is 0.438. The van der Waals surface area contributed by atoms with Crippen LogP contribution >= 0.6 is 0 Å². The number of hydrogen-bond donors (Lipinski definition) is 1. The first-order chi connectivity index (χ1) is 23.6. The number of likely N-dealkylation sites (tertiary alicyclic amines) is 1. The monoisotopic (exact) mass is 685 g/mol. The van der Waals surface area contributed by atoms with E-state index in [4.69, 9.17) is 19.4 Å². The number of aromatic nitrogens is 8. The normalized spacial score (nSPS) is 17.5. The minimum Gasteiger partial charge on any atom is -0.471 e. The number of ether oxygens (including phenoxy) is 3. The van der Waals surface area contributed by atoms with Gasteiger partial charge in [0, 0.05) is 29.8 Å². The number of nitrogens with one attached hydrogen (secondary N) is 1. The Balaban J connectivity index is 1.01. The molecule has 0 saturated carbocycles. The maximum atomic E-state index is 13.1. The smallest absolute Gasteiger partial charge is 0.451 e. The van der Waals surface area contributed by atoms with Crippen molar-refractivity contribution in [2.75, 3.05) is 19.7 Å². The van der Waals surface area contributed by atoms with Gasteiger partial charge in [0.1, 0.15) is 18.1 Å². The molecule has 5 aromatic heterocycles. The van der Waals surface area contributed by atoms with Crippen molar-refractivity contribution in [1.29, 1.82) is 0 Å². The van der Waals surface area contributed by atoms with Crippen LogP contribution in [0.5, 0.6) is 11.8 Å². The Kier molecular flexibility index (Phi) is 9.11. The van der Waals surface area contributed by atoms with E-state index in [0.29, 0.717) is 42.4 Å². The van der Waals surface area contributed by atoms with Crippen molar-refractivity contribution in [1.82, 2.24) is 44.6 Å². The Hall–Kier alpha value is -4.77. The summed E-state index contributed by atoms with van der Waals surface area (Å²) in [4.78, 5) is 24.0. The van der Waals surface area contributed by atoms with Crippen LogP contribution in [0.3, 0.4) is 0 Å². The number of piperidine rings is 1. The Morgan fingerprint density at radius 3 is 2.57 bits per heavy atom. The highest BCUT2D eigenvalue weighted by Crippen LogP contribution is 2.31. The fourth-order valence-corrected chi connectivity index (χ4v) is 5.96. The Morgan fingerprint density at radius 1 is 1.04 bits per heavy atom. The maximum absolute atomic E-state index is 13.1. The number of nitrogens with zero attached hydrogens (tertiary/aromatic N) is 8. The van der Waals surface area contributed by atoms with Gasteiger partial charge in [0.25, 0.3) is 0 Å². The molecule has 258 valence electrons. The van der Waals surface area contributed by atoms with E-state index in [1.165, 1.54) is 0 Å². The number of rotatable bonds is 11. The minimum absolute atomic E-state index is 0.0471. The minimum atomic E-state index is -4.64. The highest BCUT2D eigenvalue weighted by Gasteiger charge is 2.35. The first kappa shape index (κ1) is 32.8. The van der Waals surface area contributed by atoms with Crippen LogP contribution in [0, 0.1) is 6.92 Å². The molecule has 0 aliphatic carbocycles. The maximum Gasteiger partial charge on any atom is 0.451 e. The van der Waals surface area contributed by atoms with E-state index >= 15 is 0 Å². The number of pyridine rings is 3. The first-order valence-electron chi connectivity index (χ1n) is 15.8. The lowest BCUT2D eigenvalue weighted by Gasteiger charge is -2.32. The molecule has 17 heteroatoms. The van der Waals surface area contributed by atoms with Gasteiger partial charge in [0.2, 0.25) is 17.6 Å². The molecule has 0 unspecified atom stereocenters. The Bertz CT molecular complexity index is 1920. The zero-order valence-electron chi connectivity index (χ0n) is 26.3. The van der Waals surface area contributed by atoms with E-state index in [-0.39, 0.29) is 36.0 Å². The van der Waals surface area contributed by atoms with Gasteiger partial charge in [0.05, 0.1) is 42.1 Å². The Morgan fingerprint density at radius 2 is 1.86 bits per heavy atom. The van der Waals surface area contributed by atoms with E-state index in [0.717, 1.165) is 49.4 Å². The third-order valence-electron chi connectivity index (χ3n) is 8.67. The SMILES string of the molecule is Cc1ccc(COc2cccc(C3CCN(Cc4nc5cc(-c6n[nH]c(C(F)(F)F)n6)ncc5n4C[C@@H]4CCO4)CC3)n2)nc1OC(F)F. The molecule has 0 amide bonds. The van der Waals surface area contributed by atoms with E-state index in [2.05, 4.69) is 34.3 Å². The summed E-state index contributed by atoms with van der Waals surface area (Å²) in [5, 5.41) is 5.64. The van der Waals surface area contributed by atoms with Gasteiger partial charge in [0.15, 0.2) is 5.82 Å². The van der Waals surface area contributed by atoms with Crippen LogP contribution in [0.1, 0.15) is 53.8 Å². The van der Waals surface area contributed by atoms with Crippen LogP contribution in [0.4, 0.5) is 22.0 Å². The van der Waals surface area contributed by atoms with Gasteiger partial charge < -0.3 is 18.8 Å². The molecule has 2 aliphatic rings. The summed E-state index contributed by atoms with van der Waals surface area (Å²) in [7, 11) is 0. The summed E-state index contributed by atoms with van der Waals surface area (Å²) in [5.74, 6) is -0.0353. The molecule has 0 spiro atoms. The van der Waals surface area contributed by atoms with Crippen LogP contribution in [0.15, 0.2) is 42.6 Å². The van der Waals surface area contributed by atoms with Gasteiger partial charge >= 0.3 is 12.8 Å². The summed E-state index contributed by atoms with van der Waals surface area (Å²) in [6.07, 6.45) is -0.350. The number of H-pyrrole nitrogens is 1. The van der Waals surface area contributed by atoms with E-state index in [1.54, 1.807) is 37.4 Å². The molecule has 0 aromatic carbocycles. The second-order valence-corrected chi connectivity index (χ2v) is 12.0. The van der Waals surface area contributed by atoms with Crippen molar-refractivity contribution in [3.8, 4) is 23.3 Å². The lowest BCUT2D eigenvalue weighted by Crippen LogP contribution is -2.35. The topological polar surface area (TPSA) is 129 Å². The molecule has 0 bridgehead atoms. The molecule has 2 fully saturated rings. The largest absolute Gasteiger partial charge is 0.471 e. The molecule has 2 saturated heterocycles. The number of hydrogen-bond acceptors (Lipinski definition) is 10. The molecule has 12 nitrogen and oxygen atoms in total. The molecule has 7 heterocycles. The molecule has 1 N–H and O–H groups in total. The molecule has 0 radical (unpaired) electrons. The van der Waals surface area contributed by atoms with Gasteiger partial charge in [-0.2, -0.15) is 27.1 Å². The molecule has 1 atom stereocenters. The summed E-state index contributed by atoms with van der Waals surface area (Å²) in [6.45, 7) is 2.18. The molecule has 7 rings (SSSR count). The van der Waals surface area contributed by atoms with Gasteiger partial charge in [-0.15, -0.1) is 0 Å². The molecular formula is C32H32F5N9O3. The Labute approximate surface area is 276 Å². The van der Waals surface area contributed by atoms with Crippen LogP contribution in [0.25, 0.3) is 22.6 Å². The predicted octanol–water partition coefficient (Wildman–Crippen LogP) is 5.68. The first-order valence-corrected chi connectivity index (χ1v) is 15.8. The van der Waals surface area contributed by atoms with Gasteiger partial charge in [-0.1, -0.05) is 12.1 Å². The molecule has 49 heavy (non-hydrogen) atoms. The second kappa shape index (κ2) is 13.6. The quantitative estimate of drug-likeness (QED) is 0.173. The molecular weight excluding hydrogens is 653 g/mol. The highest BCUT2D eigenvalue weighted by molar-refractivity contribution is 5.78.